The van der Waals surface area contributed by atoms with Crippen LogP contribution in [0.5, 0.6) is 0 Å². The molecule has 0 aliphatic rings. The second-order valence-corrected chi connectivity index (χ2v) is 6.22. The van der Waals surface area contributed by atoms with Gasteiger partial charge in [-0.1, -0.05) is 23.7 Å². The van der Waals surface area contributed by atoms with E-state index in [2.05, 4.69) is 10.6 Å². The van der Waals surface area contributed by atoms with Gasteiger partial charge in [0, 0.05) is 10.7 Å². The second-order valence-electron chi connectivity index (χ2n) is 5.79. The van der Waals surface area contributed by atoms with Crippen LogP contribution in [0.25, 0.3) is 0 Å². The molecule has 0 fully saturated rings. The summed E-state index contributed by atoms with van der Waals surface area (Å²) in [5, 5.41) is 5.87. The summed E-state index contributed by atoms with van der Waals surface area (Å²) >= 11 is 5.84. The molecule has 24 heavy (non-hydrogen) atoms. The van der Waals surface area contributed by atoms with Crippen LogP contribution in [-0.4, -0.2) is 6.03 Å². The van der Waals surface area contributed by atoms with Crippen molar-refractivity contribution < 1.29 is 18.0 Å². The van der Waals surface area contributed by atoms with Gasteiger partial charge < -0.3 is 10.6 Å². The summed E-state index contributed by atoms with van der Waals surface area (Å²) in [6, 6.07) is 10.7. The highest BCUT2D eigenvalue weighted by Crippen LogP contribution is 2.30. The number of carbonyl (C=O) groups is 1. The predicted octanol–water partition coefficient (Wildman–Crippen LogP) is 5.42. The van der Waals surface area contributed by atoms with E-state index in [1.165, 1.54) is 12.1 Å². The minimum Gasteiger partial charge on any atom is -0.329 e. The lowest BCUT2D eigenvalue weighted by Crippen LogP contribution is -2.43. The fourth-order valence-corrected chi connectivity index (χ4v) is 2.25. The highest BCUT2D eigenvalue weighted by molar-refractivity contribution is 6.30. The molecule has 7 heteroatoms. The van der Waals surface area contributed by atoms with Crippen LogP contribution in [0.15, 0.2) is 48.5 Å². The highest BCUT2D eigenvalue weighted by Gasteiger charge is 2.30. The SMILES string of the molecule is CC(C)(NC(=O)Nc1ccc(C(F)(F)F)cc1)c1ccc(Cl)cc1. The summed E-state index contributed by atoms with van der Waals surface area (Å²) < 4.78 is 37.5. The first-order valence-corrected chi connectivity index (χ1v) is 7.48. The number of carbonyl (C=O) groups excluding carboxylic acids is 1. The zero-order chi connectivity index (χ0) is 18.0. The Bertz CT molecular complexity index is 710. The van der Waals surface area contributed by atoms with Crippen molar-refractivity contribution in [3.05, 3.63) is 64.7 Å². The molecule has 0 heterocycles. The van der Waals surface area contributed by atoms with Crippen molar-refractivity contribution in [2.45, 2.75) is 25.6 Å². The van der Waals surface area contributed by atoms with Crippen LogP contribution in [0.4, 0.5) is 23.7 Å². The molecule has 0 unspecified atom stereocenters. The van der Waals surface area contributed by atoms with Gasteiger partial charge in [-0.15, -0.1) is 0 Å². The van der Waals surface area contributed by atoms with Gasteiger partial charge in [0.2, 0.25) is 0 Å². The fraction of sp³-hybridized carbons (Fsp3) is 0.235. The van der Waals surface area contributed by atoms with Crippen LogP contribution in [0.2, 0.25) is 5.02 Å². The summed E-state index contributed by atoms with van der Waals surface area (Å²) in [6.45, 7) is 3.62. The van der Waals surface area contributed by atoms with Crippen molar-refractivity contribution in [2.75, 3.05) is 5.32 Å². The Morgan fingerprint density at radius 1 is 0.917 bits per heavy atom. The van der Waals surface area contributed by atoms with E-state index in [1.807, 2.05) is 13.8 Å². The summed E-state index contributed by atoms with van der Waals surface area (Å²) in [6.07, 6.45) is -4.41. The average Bonchev–Trinajstić information content (AvgIpc) is 2.46. The van der Waals surface area contributed by atoms with E-state index in [9.17, 15) is 18.0 Å². The lowest BCUT2D eigenvalue weighted by atomic mass is 9.94. The number of urea groups is 1. The molecule has 2 rings (SSSR count). The molecule has 3 nitrogen and oxygen atoms in total. The number of anilines is 1. The molecule has 0 spiro atoms. The number of amides is 2. The standard InChI is InChI=1S/C17H16ClF3N2O/c1-16(2,11-3-7-13(18)8-4-11)23-15(24)22-14-9-5-12(6-10-14)17(19,20)21/h3-10H,1-2H3,(H2,22,23,24). The van der Waals surface area contributed by atoms with Gasteiger partial charge in [0.05, 0.1) is 11.1 Å². The van der Waals surface area contributed by atoms with Gasteiger partial charge in [0.25, 0.3) is 0 Å². The number of hydrogen-bond acceptors (Lipinski definition) is 1. The quantitative estimate of drug-likeness (QED) is 0.758. The molecule has 2 N–H and O–H groups in total. The van der Waals surface area contributed by atoms with Crippen LogP contribution < -0.4 is 10.6 Å². The molecule has 2 aromatic carbocycles. The maximum Gasteiger partial charge on any atom is 0.416 e. The van der Waals surface area contributed by atoms with E-state index < -0.39 is 23.3 Å². The van der Waals surface area contributed by atoms with Crippen LogP contribution in [0.1, 0.15) is 25.0 Å². The normalized spacial score (nSPS) is 11.9. The number of alkyl halides is 3. The first-order valence-electron chi connectivity index (χ1n) is 7.10. The third-order valence-corrected chi connectivity index (χ3v) is 3.71. The smallest absolute Gasteiger partial charge is 0.329 e. The summed E-state index contributed by atoms with van der Waals surface area (Å²) in [4.78, 5) is 12.1. The van der Waals surface area contributed by atoms with Crippen molar-refractivity contribution in [1.29, 1.82) is 0 Å². The number of rotatable bonds is 3. The van der Waals surface area contributed by atoms with E-state index in [0.29, 0.717) is 5.02 Å². The largest absolute Gasteiger partial charge is 0.416 e. The molecular weight excluding hydrogens is 341 g/mol. The van der Waals surface area contributed by atoms with Crippen LogP contribution >= 0.6 is 11.6 Å². The van der Waals surface area contributed by atoms with Gasteiger partial charge >= 0.3 is 12.2 Å². The van der Waals surface area contributed by atoms with Crippen molar-refractivity contribution >= 4 is 23.3 Å². The highest BCUT2D eigenvalue weighted by atomic mass is 35.5. The Balaban J connectivity index is 2.03. The molecular formula is C17H16ClF3N2O. The Kier molecular flexibility index (Phi) is 5.08. The zero-order valence-electron chi connectivity index (χ0n) is 13.0. The summed E-state index contributed by atoms with van der Waals surface area (Å²) in [5.41, 5.74) is -0.336. The summed E-state index contributed by atoms with van der Waals surface area (Å²) in [5.74, 6) is 0. The van der Waals surface area contributed by atoms with Crippen LogP contribution in [-0.2, 0) is 11.7 Å². The maximum atomic E-state index is 12.5. The average molecular weight is 357 g/mol. The number of halogens is 4. The number of hydrogen-bond donors (Lipinski definition) is 2. The molecule has 0 bridgehead atoms. The third-order valence-electron chi connectivity index (χ3n) is 3.46. The Hall–Kier alpha value is -2.21. The van der Waals surface area contributed by atoms with Crippen LogP contribution in [0.3, 0.4) is 0 Å². The minimum atomic E-state index is -4.41. The number of nitrogens with one attached hydrogen (secondary N) is 2. The maximum absolute atomic E-state index is 12.5. The lowest BCUT2D eigenvalue weighted by Gasteiger charge is -2.27. The van der Waals surface area contributed by atoms with Crippen LogP contribution in [0, 0.1) is 0 Å². The fourth-order valence-electron chi connectivity index (χ4n) is 2.13. The molecule has 0 aliphatic heterocycles. The first-order chi connectivity index (χ1) is 11.1. The lowest BCUT2D eigenvalue weighted by molar-refractivity contribution is -0.137. The van der Waals surface area contributed by atoms with Crippen molar-refractivity contribution in [1.82, 2.24) is 5.32 Å². The molecule has 128 valence electrons. The van der Waals surface area contributed by atoms with E-state index >= 15 is 0 Å². The topological polar surface area (TPSA) is 41.1 Å². The molecule has 0 aliphatic carbocycles. The second kappa shape index (κ2) is 6.73. The van der Waals surface area contributed by atoms with Gasteiger partial charge in [0.1, 0.15) is 0 Å². The zero-order valence-corrected chi connectivity index (χ0v) is 13.8. The van der Waals surface area contributed by atoms with Crippen molar-refractivity contribution in [3.8, 4) is 0 Å². The predicted molar refractivity (Wildman–Crippen MR) is 88.1 cm³/mol. The van der Waals surface area contributed by atoms with E-state index in [1.54, 1.807) is 24.3 Å². The third kappa shape index (κ3) is 4.64. The molecule has 2 amide bonds. The van der Waals surface area contributed by atoms with Crippen molar-refractivity contribution in [3.63, 3.8) is 0 Å². The molecule has 0 atom stereocenters. The van der Waals surface area contributed by atoms with E-state index in [-0.39, 0.29) is 5.69 Å². The summed E-state index contributed by atoms with van der Waals surface area (Å²) in [7, 11) is 0. The Morgan fingerprint density at radius 2 is 1.42 bits per heavy atom. The molecule has 0 radical (unpaired) electrons. The van der Waals surface area contributed by atoms with Gasteiger partial charge in [-0.25, -0.2) is 4.79 Å². The van der Waals surface area contributed by atoms with Gasteiger partial charge in [-0.05, 0) is 55.8 Å². The molecule has 0 aromatic heterocycles. The van der Waals surface area contributed by atoms with E-state index in [0.717, 1.165) is 17.7 Å². The molecule has 0 saturated carbocycles. The number of benzene rings is 2. The Morgan fingerprint density at radius 3 is 1.92 bits per heavy atom. The minimum absolute atomic E-state index is 0.271. The molecule has 0 saturated heterocycles. The molecule has 2 aromatic rings. The van der Waals surface area contributed by atoms with Gasteiger partial charge in [-0.3, -0.25) is 0 Å². The van der Waals surface area contributed by atoms with E-state index in [4.69, 9.17) is 11.6 Å². The monoisotopic (exact) mass is 356 g/mol. The van der Waals surface area contributed by atoms with Gasteiger partial charge in [0.15, 0.2) is 0 Å². The first kappa shape index (κ1) is 18.1. The van der Waals surface area contributed by atoms with Gasteiger partial charge in [-0.2, -0.15) is 13.2 Å². The Labute approximate surface area is 142 Å². The van der Waals surface area contributed by atoms with Crippen molar-refractivity contribution in [2.24, 2.45) is 0 Å².